The second kappa shape index (κ2) is 4.84. The Hall–Kier alpha value is -0.0800. The molecule has 0 aromatic heterocycles. The summed E-state index contributed by atoms with van der Waals surface area (Å²) in [5, 5.41) is 3.68. The molecule has 0 radical (unpaired) electrons. The molecule has 2 rings (SSSR count). The highest BCUT2D eigenvalue weighted by molar-refractivity contribution is 4.99. The zero-order valence-corrected chi connectivity index (χ0v) is 10.4. The third kappa shape index (κ3) is 3.18. The number of unbranched alkanes of at least 4 members (excludes halogenated alkanes) is 2. The molecule has 1 saturated heterocycles. The van der Waals surface area contributed by atoms with Gasteiger partial charge in [0.05, 0.1) is 0 Å². The van der Waals surface area contributed by atoms with E-state index in [0.29, 0.717) is 11.5 Å². The minimum Gasteiger partial charge on any atom is -0.312 e. The smallest absolute Gasteiger partial charge is 0.0166 e. The van der Waals surface area contributed by atoms with Crippen LogP contribution < -0.4 is 5.32 Å². The van der Waals surface area contributed by atoms with E-state index >= 15 is 0 Å². The van der Waals surface area contributed by atoms with Crippen LogP contribution in [0, 0.1) is 5.41 Å². The van der Waals surface area contributed by atoms with E-state index in [2.05, 4.69) is 24.1 Å². The second-order valence-corrected chi connectivity index (χ2v) is 5.72. The van der Waals surface area contributed by atoms with Crippen LogP contribution in [0.5, 0.6) is 0 Å². The molecule has 1 aliphatic heterocycles. The summed E-state index contributed by atoms with van der Waals surface area (Å²) in [6.07, 6.45) is 7.03. The molecule has 1 spiro atoms. The van der Waals surface area contributed by atoms with Crippen molar-refractivity contribution in [3.63, 3.8) is 0 Å². The number of hydrogen-bond donors (Lipinski definition) is 1. The van der Waals surface area contributed by atoms with Crippen molar-refractivity contribution in [1.29, 1.82) is 0 Å². The number of nitrogens with zero attached hydrogens (tertiary/aromatic N) is 1. The van der Waals surface area contributed by atoms with Crippen LogP contribution in [0.1, 0.15) is 46.0 Å². The number of hydrogen-bond acceptors (Lipinski definition) is 2. The molecule has 0 aromatic carbocycles. The van der Waals surface area contributed by atoms with Gasteiger partial charge in [-0.2, -0.15) is 0 Å². The third-order valence-corrected chi connectivity index (χ3v) is 3.95. The fourth-order valence-corrected chi connectivity index (χ4v) is 2.70. The molecule has 0 bridgehead atoms. The molecule has 2 fully saturated rings. The highest BCUT2D eigenvalue weighted by atomic mass is 15.2. The average molecular weight is 210 g/mol. The second-order valence-electron chi connectivity index (χ2n) is 5.72. The largest absolute Gasteiger partial charge is 0.312 e. The van der Waals surface area contributed by atoms with Gasteiger partial charge in [-0.3, -0.25) is 0 Å². The first-order chi connectivity index (χ1) is 7.24. The first-order valence-electron chi connectivity index (χ1n) is 6.70. The van der Waals surface area contributed by atoms with Gasteiger partial charge in [-0.05, 0) is 38.1 Å². The Bertz CT molecular complexity index is 199. The van der Waals surface area contributed by atoms with Crippen LogP contribution in [0.3, 0.4) is 0 Å². The molecular formula is C13H26N2. The summed E-state index contributed by atoms with van der Waals surface area (Å²) in [4.78, 5) is 2.70. The predicted molar refractivity (Wildman–Crippen MR) is 65.1 cm³/mol. The van der Waals surface area contributed by atoms with Gasteiger partial charge >= 0.3 is 0 Å². The van der Waals surface area contributed by atoms with E-state index in [1.807, 2.05) is 0 Å². The maximum absolute atomic E-state index is 3.68. The zero-order valence-electron chi connectivity index (χ0n) is 10.4. The molecule has 1 unspecified atom stereocenters. The van der Waals surface area contributed by atoms with Gasteiger partial charge in [0.2, 0.25) is 0 Å². The minimum atomic E-state index is 0.678. The molecule has 2 heteroatoms. The molecule has 1 saturated carbocycles. The quantitative estimate of drug-likeness (QED) is 0.716. The van der Waals surface area contributed by atoms with Crippen molar-refractivity contribution in [3.05, 3.63) is 0 Å². The van der Waals surface area contributed by atoms with Crippen molar-refractivity contribution < 1.29 is 0 Å². The SMILES string of the molecule is CCCCCN1CC(C)NCC2(CC2)C1. The molecule has 0 aromatic rings. The molecule has 1 N–H and O–H groups in total. The molecule has 88 valence electrons. The van der Waals surface area contributed by atoms with Gasteiger partial charge in [0.25, 0.3) is 0 Å². The van der Waals surface area contributed by atoms with Crippen LogP contribution in [0.25, 0.3) is 0 Å². The highest BCUT2D eigenvalue weighted by Crippen LogP contribution is 2.46. The Morgan fingerprint density at radius 3 is 2.80 bits per heavy atom. The Morgan fingerprint density at radius 2 is 2.13 bits per heavy atom. The Kier molecular flexibility index (Phi) is 3.68. The van der Waals surface area contributed by atoms with E-state index in [0.717, 1.165) is 0 Å². The number of nitrogens with one attached hydrogen (secondary N) is 1. The van der Waals surface area contributed by atoms with Gasteiger partial charge in [0, 0.05) is 25.7 Å². The average Bonchev–Trinajstić information content (AvgIpc) is 2.97. The summed E-state index contributed by atoms with van der Waals surface area (Å²) in [5.74, 6) is 0. The standard InChI is InChI=1S/C13H26N2/c1-3-4-5-8-15-9-12(2)14-10-13(11-15)6-7-13/h12,14H,3-11H2,1-2H3. The summed E-state index contributed by atoms with van der Waals surface area (Å²) < 4.78 is 0. The zero-order chi connectivity index (χ0) is 10.7. The van der Waals surface area contributed by atoms with Crippen molar-refractivity contribution in [1.82, 2.24) is 10.2 Å². The van der Waals surface area contributed by atoms with Gasteiger partial charge in [-0.15, -0.1) is 0 Å². The van der Waals surface area contributed by atoms with E-state index in [1.54, 1.807) is 0 Å². The Morgan fingerprint density at radius 1 is 1.33 bits per heavy atom. The first-order valence-corrected chi connectivity index (χ1v) is 6.70. The Labute approximate surface area is 94.4 Å². The van der Waals surface area contributed by atoms with Crippen LogP contribution in [0.4, 0.5) is 0 Å². The maximum Gasteiger partial charge on any atom is 0.0166 e. The summed E-state index contributed by atoms with van der Waals surface area (Å²) >= 11 is 0. The van der Waals surface area contributed by atoms with Crippen molar-refractivity contribution in [2.45, 2.75) is 52.0 Å². The molecule has 1 heterocycles. The van der Waals surface area contributed by atoms with Crippen molar-refractivity contribution in [3.8, 4) is 0 Å². The highest BCUT2D eigenvalue weighted by Gasteiger charge is 2.45. The summed E-state index contributed by atoms with van der Waals surface area (Å²) in [5.41, 5.74) is 0.678. The lowest BCUT2D eigenvalue weighted by Crippen LogP contribution is -2.35. The Balaban J connectivity index is 1.80. The van der Waals surface area contributed by atoms with Crippen LogP contribution in [0.15, 0.2) is 0 Å². The van der Waals surface area contributed by atoms with Crippen LogP contribution in [0.2, 0.25) is 0 Å². The third-order valence-electron chi connectivity index (χ3n) is 3.95. The van der Waals surface area contributed by atoms with Crippen LogP contribution in [-0.2, 0) is 0 Å². The predicted octanol–water partition coefficient (Wildman–Crippen LogP) is 2.25. The van der Waals surface area contributed by atoms with Crippen LogP contribution in [-0.4, -0.2) is 37.1 Å². The molecule has 2 nitrogen and oxygen atoms in total. The fourth-order valence-electron chi connectivity index (χ4n) is 2.70. The van der Waals surface area contributed by atoms with Gasteiger partial charge in [-0.1, -0.05) is 19.8 Å². The van der Waals surface area contributed by atoms with E-state index in [9.17, 15) is 0 Å². The van der Waals surface area contributed by atoms with E-state index < -0.39 is 0 Å². The lowest BCUT2D eigenvalue weighted by atomic mass is 10.1. The molecule has 0 amide bonds. The monoisotopic (exact) mass is 210 g/mol. The van der Waals surface area contributed by atoms with E-state index in [-0.39, 0.29) is 0 Å². The lowest BCUT2D eigenvalue weighted by molar-refractivity contribution is 0.234. The minimum absolute atomic E-state index is 0.678. The summed E-state index contributed by atoms with van der Waals surface area (Å²) in [7, 11) is 0. The summed E-state index contributed by atoms with van der Waals surface area (Å²) in [6, 6.07) is 0.687. The molecule has 15 heavy (non-hydrogen) atoms. The molecule has 1 atom stereocenters. The van der Waals surface area contributed by atoms with Gasteiger partial charge in [-0.25, -0.2) is 0 Å². The van der Waals surface area contributed by atoms with Crippen molar-refractivity contribution >= 4 is 0 Å². The molecular weight excluding hydrogens is 184 g/mol. The van der Waals surface area contributed by atoms with Crippen LogP contribution >= 0.6 is 0 Å². The first kappa shape index (κ1) is 11.4. The number of rotatable bonds is 4. The molecule has 1 aliphatic carbocycles. The van der Waals surface area contributed by atoms with E-state index in [4.69, 9.17) is 0 Å². The van der Waals surface area contributed by atoms with Crippen molar-refractivity contribution in [2.75, 3.05) is 26.2 Å². The summed E-state index contributed by atoms with van der Waals surface area (Å²) in [6.45, 7) is 9.81. The van der Waals surface area contributed by atoms with Gasteiger partial charge in [0.15, 0.2) is 0 Å². The fraction of sp³-hybridized carbons (Fsp3) is 1.00. The normalized spacial score (nSPS) is 30.4. The maximum atomic E-state index is 3.68. The topological polar surface area (TPSA) is 15.3 Å². The van der Waals surface area contributed by atoms with Crippen molar-refractivity contribution in [2.24, 2.45) is 5.41 Å². The lowest BCUT2D eigenvalue weighted by Gasteiger charge is -2.24. The van der Waals surface area contributed by atoms with E-state index in [1.165, 1.54) is 58.3 Å². The van der Waals surface area contributed by atoms with Gasteiger partial charge < -0.3 is 10.2 Å². The van der Waals surface area contributed by atoms with Gasteiger partial charge in [0.1, 0.15) is 0 Å². The molecule has 2 aliphatic rings.